The quantitative estimate of drug-likeness (QED) is 0.827. The van der Waals surface area contributed by atoms with Crippen molar-refractivity contribution in [1.82, 2.24) is 4.90 Å². The number of rotatable bonds is 3. The highest BCUT2D eigenvalue weighted by Crippen LogP contribution is 2.31. The Hall–Kier alpha value is -1.50. The van der Waals surface area contributed by atoms with E-state index < -0.39 is 0 Å². The third kappa shape index (κ3) is 3.77. The van der Waals surface area contributed by atoms with Gasteiger partial charge in [0.2, 0.25) is 0 Å². The van der Waals surface area contributed by atoms with Crippen molar-refractivity contribution >= 4 is 44.8 Å². The van der Waals surface area contributed by atoms with Crippen LogP contribution in [0.15, 0.2) is 33.4 Å². The predicted octanol–water partition coefficient (Wildman–Crippen LogP) is 4.01. The second-order valence-electron chi connectivity index (χ2n) is 5.97. The largest absolute Gasteiger partial charge is 0.444 e. The Balaban J connectivity index is 1.85. The molecule has 1 N–H and O–H groups in total. The first-order valence-corrected chi connectivity index (χ1v) is 8.91. The Morgan fingerprint density at radius 1 is 1.25 bits per heavy atom. The van der Waals surface area contributed by atoms with Gasteiger partial charge in [-0.05, 0) is 54.2 Å². The molecule has 0 saturated carbocycles. The first kappa shape index (κ1) is 17.3. The normalized spacial score (nSPS) is 15.6. The number of halogens is 2. The number of piperazine rings is 1. The summed E-state index contributed by atoms with van der Waals surface area (Å²) in [7, 11) is 2.11. The van der Waals surface area contributed by atoms with Crippen molar-refractivity contribution in [3.05, 3.63) is 45.3 Å². The van der Waals surface area contributed by atoms with Gasteiger partial charge in [0.1, 0.15) is 0 Å². The number of aryl methyl sites for hydroxylation is 1. The van der Waals surface area contributed by atoms with Gasteiger partial charge in [0.15, 0.2) is 10.4 Å². The summed E-state index contributed by atoms with van der Waals surface area (Å²) in [6.45, 7) is 5.63. The summed E-state index contributed by atoms with van der Waals surface area (Å²) in [5.74, 6) is 0.0158. The Kier molecular flexibility index (Phi) is 5.18. The molecule has 1 aliphatic rings. The smallest absolute Gasteiger partial charge is 0.291 e. The molecule has 0 atom stereocenters. The van der Waals surface area contributed by atoms with Gasteiger partial charge in [-0.2, -0.15) is 0 Å². The standard InChI is InChI=1S/C17H19BrClN3O2/c1-11-9-15(18)24-16(11)17(23)20-13-10-12(19)3-4-14(13)22-7-5-21(2)6-8-22/h3-4,9-10H,5-8H2,1-2H3,(H,20,23). The van der Waals surface area contributed by atoms with Crippen LogP contribution >= 0.6 is 27.5 Å². The number of amides is 1. The molecule has 1 aromatic heterocycles. The minimum atomic E-state index is -0.282. The number of anilines is 2. The SMILES string of the molecule is Cc1cc(Br)oc1C(=O)Nc1cc(Cl)ccc1N1CCN(C)CC1. The van der Waals surface area contributed by atoms with Crippen LogP contribution in [0.2, 0.25) is 5.02 Å². The van der Waals surface area contributed by atoms with E-state index in [1.165, 1.54) is 0 Å². The van der Waals surface area contributed by atoms with Crippen molar-refractivity contribution < 1.29 is 9.21 Å². The van der Waals surface area contributed by atoms with Crippen molar-refractivity contribution in [2.24, 2.45) is 0 Å². The van der Waals surface area contributed by atoms with Crippen molar-refractivity contribution in [2.75, 3.05) is 43.4 Å². The third-order valence-electron chi connectivity index (χ3n) is 4.14. The summed E-state index contributed by atoms with van der Waals surface area (Å²) in [6.07, 6.45) is 0. The second kappa shape index (κ2) is 7.17. The van der Waals surface area contributed by atoms with Gasteiger partial charge < -0.3 is 19.5 Å². The molecule has 0 aliphatic carbocycles. The van der Waals surface area contributed by atoms with E-state index in [4.69, 9.17) is 16.0 Å². The molecule has 1 amide bonds. The minimum Gasteiger partial charge on any atom is -0.444 e. The second-order valence-corrected chi connectivity index (χ2v) is 7.19. The van der Waals surface area contributed by atoms with Crippen molar-refractivity contribution in [2.45, 2.75) is 6.92 Å². The van der Waals surface area contributed by atoms with Crippen LogP contribution in [0.4, 0.5) is 11.4 Å². The average molecular weight is 413 g/mol. The van der Waals surface area contributed by atoms with E-state index in [2.05, 4.69) is 38.1 Å². The van der Waals surface area contributed by atoms with E-state index >= 15 is 0 Å². The first-order valence-electron chi connectivity index (χ1n) is 7.74. The lowest BCUT2D eigenvalue weighted by Gasteiger charge is -2.35. The topological polar surface area (TPSA) is 48.7 Å². The zero-order valence-corrected chi connectivity index (χ0v) is 15.9. The molecule has 2 heterocycles. The summed E-state index contributed by atoms with van der Waals surface area (Å²) in [4.78, 5) is 17.1. The third-order valence-corrected chi connectivity index (χ3v) is 4.77. The molecule has 1 aromatic carbocycles. The molecule has 1 saturated heterocycles. The lowest BCUT2D eigenvalue weighted by atomic mass is 10.2. The molecule has 24 heavy (non-hydrogen) atoms. The fourth-order valence-electron chi connectivity index (χ4n) is 2.78. The zero-order chi connectivity index (χ0) is 17.3. The van der Waals surface area contributed by atoms with Gasteiger partial charge >= 0.3 is 0 Å². The molecular formula is C17H19BrClN3O2. The summed E-state index contributed by atoms with van der Waals surface area (Å²) >= 11 is 9.39. The lowest BCUT2D eigenvalue weighted by molar-refractivity contribution is 0.0994. The monoisotopic (exact) mass is 411 g/mol. The van der Waals surface area contributed by atoms with Gasteiger partial charge in [0.05, 0.1) is 11.4 Å². The van der Waals surface area contributed by atoms with Gasteiger partial charge in [0, 0.05) is 36.8 Å². The first-order chi connectivity index (χ1) is 11.4. The number of likely N-dealkylation sites (N-methyl/N-ethyl adjacent to an activating group) is 1. The van der Waals surface area contributed by atoms with Crippen LogP contribution in [0.25, 0.3) is 0 Å². The van der Waals surface area contributed by atoms with E-state index in [0.717, 1.165) is 37.4 Å². The van der Waals surface area contributed by atoms with Gasteiger partial charge in [-0.15, -0.1) is 0 Å². The molecule has 128 valence electrons. The number of carbonyl (C=O) groups excluding carboxylic acids is 1. The van der Waals surface area contributed by atoms with Crippen LogP contribution in [0.5, 0.6) is 0 Å². The fraction of sp³-hybridized carbons (Fsp3) is 0.353. The van der Waals surface area contributed by atoms with Gasteiger partial charge in [0.25, 0.3) is 5.91 Å². The molecule has 7 heteroatoms. The Labute approximate surface area is 154 Å². The number of carbonyl (C=O) groups is 1. The van der Waals surface area contributed by atoms with Crippen LogP contribution in [-0.4, -0.2) is 44.0 Å². The number of benzene rings is 1. The molecule has 1 fully saturated rings. The number of furan rings is 1. The highest BCUT2D eigenvalue weighted by atomic mass is 79.9. The van der Waals surface area contributed by atoms with E-state index in [-0.39, 0.29) is 5.91 Å². The number of hydrogen-bond acceptors (Lipinski definition) is 4. The Bertz CT molecular complexity index is 754. The predicted molar refractivity (Wildman–Crippen MR) is 100 cm³/mol. The average Bonchev–Trinajstić information content (AvgIpc) is 2.87. The minimum absolute atomic E-state index is 0.282. The molecule has 0 unspecified atom stereocenters. The van der Waals surface area contributed by atoms with Crippen molar-refractivity contribution in [3.63, 3.8) is 0 Å². The summed E-state index contributed by atoms with van der Waals surface area (Å²) in [6, 6.07) is 7.35. The maximum absolute atomic E-state index is 12.6. The molecule has 0 bridgehead atoms. The Morgan fingerprint density at radius 2 is 1.96 bits per heavy atom. The Morgan fingerprint density at radius 3 is 2.58 bits per heavy atom. The lowest BCUT2D eigenvalue weighted by Crippen LogP contribution is -2.44. The number of nitrogens with one attached hydrogen (secondary N) is 1. The van der Waals surface area contributed by atoms with Gasteiger partial charge in [-0.1, -0.05) is 11.6 Å². The molecule has 0 radical (unpaired) electrons. The van der Waals surface area contributed by atoms with Gasteiger partial charge in [-0.25, -0.2) is 0 Å². The number of nitrogens with zero attached hydrogens (tertiary/aromatic N) is 2. The molecule has 3 rings (SSSR count). The van der Waals surface area contributed by atoms with Crippen molar-refractivity contribution in [3.8, 4) is 0 Å². The zero-order valence-electron chi connectivity index (χ0n) is 13.6. The van der Waals surface area contributed by atoms with E-state index in [9.17, 15) is 4.79 Å². The van der Waals surface area contributed by atoms with Crippen LogP contribution in [-0.2, 0) is 0 Å². The summed E-state index contributed by atoms with van der Waals surface area (Å²) in [5, 5.41) is 3.52. The maximum Gasteiger partial charge on any atom is 0.291 e. The van der Waals surface area contributed by atoms with E-state index in [0.29, 0.717) is 21.1 Å². The maximum atomic E-state index is 12.6. The molecular weight excluding hydrogens is 394 g/mol. The number of hydrogen-bond donors (Lipinski definition) is 1. The molecule has 2 aromatic rings. The van der Waals surface area contributed by atoms with Gasteiger partial charge in [-0.3, -0.25) is 4.79 Å². The molecule has 0 spiro atoms. The van der Waals surface area contributed by atoms with Crippen LogP contribution in [0.3, 0.4) is 0 Å². The summed E-state index contributed by atoms with van der Waals surface area (Å²) in [5.41, 5.74) is 2.45. The summed E-state index contributed by atoms with van der Waals surface area (Å²) < 4.78 is 5.97. The highest BCUT2D eigenvalue weighted by molar-refractivity contribution is 9.10. The highest BCUT2D eigenvalue weighted by Gasteiger charge is 2.21. The fourth-order valence-corrected chi connectivity index (χ4v) is 3.46. The molecule has 1 aliphatic heterocycles. The van der Waals surface area contributed by atoms with Crippen LogP contribution in [0, 0.1) is 6.92 Å². The van der Waals surface area contributed by atoms with Crippen LogP contribution in [0.1, 0.15) is 16.1 Å². The van der Waals surface area contributed by atoms with Crippen molar-refractivity contribution in [1.29, 1.82) is 0 Å². The van der Waals surface area contributed by atoms with E-state index in [1.807, 2.05) is 19.1 Å². The van der Waals surface area contributed by atoms with E-state index in [1.54, 1.807) is 12.1 Å². The van der Waals surface area contributed by atoms with Crippen LogP contribution < -0.4 is 10.2 Å². The molecule has 5 nitrogen and oxygen atoms in total.